The molecule has 25 heavy (non-hydrogen) atoms. The molecule has 1 atom stereocenters. The maximum Gasteiger partial charge on any atom is 0.347 e. The lowest BCUT2D eigenvalue weighted by molar-refractivity contribution is 0.0700. The monoisotopic (exact) mass is 387 g/mol. The van der Waals surface area contributed by atoms with Gasteiger partial charge in [-0.15, -0.1) is 11.3 Å². The molecule has 2 N–H and O–H groups in total. The number of carbonyl (C=O) groups is 2. The van der Waals surface area contributed by atoms with Crippen LogP contribution in [-0.2, 0) is 10.0 Å². The SMILES string of the molecule is Cc1nc(C(C)NC(=O)c2ccc(S(=O)(=O)N(C)C)o2)sc1C(=O)O. The van der Waals surface area contributed by atoms with Crippen molar-refractivity contribution in [3.8, 4) is 0 Å². The lowest BCUT2D eigenvalue weighted by atomic mass is 10.3. The first-order chi connectivity index (χ1) is 11.5. The molecule has 0 bridgehead atoms. The number of thiazole rings is 1. The highest BCUT2D eigenvalue weighted by molar-refractivity contribution is 7.88. The minimum atomic E-state index is -3.77. The van der Waals surface area contributed by atoms with E-state index in [4.69, 9.17) is 9.52 Å². The average molecular weight is 387 g/mol. The summed E-state index contributed by atoms with van der Waals surface area (Å²) in [4.78, 5) is 27.5. The van der Waals surface area contributed by atoms with E-state index in [0.717, 1.165) is 15.6 Å². The number of furan rings is 1. The zero-order valence-electron chi connectivity index (χ0n) is 13.9. The maximum absolute atomic E-state index is 12.2. The minimum absolute atomic E-state index is 0.105. The van der Waals surface area contributed by atoms with Crippen molar-refractivity contribution < 1.29 is 27.5 Å². The largest absolute Gasteiger partial charge is 0.477 e. The van der Waals surface area contributed by atoms with Crippen LogP contribution >= 0.6 is 11.3 Å². The zero-order chi connectivity index (χ0) is 18.9. The Morgan fingerprint density at radius 3 is 2.52 bits per heavy atom. The van der Waals surface area contributed by atoms with Crippen LogP contribution in [0.4, 0.5) is 0 Å². The Balaban J connectivity index is 2.16. The fourth-order valence-corrected chi connectivity index (χ4v) is 3.59. The number of rotatable bonds is 6. The maximum atomic E-state index is 12.2. The van der Waals surface area contributed by atoms with Crippen molar-refractivity contribution in [2.24, 2.45) is 0 Å². The van der Waals surface area contributed by atoms with E-state index in [1.54, 1.807) is 13.8 Å². The van der Waals surface area contributed by atoms with Crippen molar-refractivity contribution in [2.45, 2.75) is 25.0 Å². The van der Waals surface area contributed by atoms with Gasteiger partial charge in [0.05, 0.1) is 11.7 Å². The van der Waals surface area contributed by atoms with Gasteiger partial charge in [-0.1, -0.05) is 0 Å². The number of aromatic nitrogens is 1. The molecule has 0 radical (unpaired) electrons. The molecule has 0 aliphatic rings. The third-order valence-corrected chi connectivity index (χ3v) is 6.28. The molecule has 0 aliphatic heterocycles. The number of hydrogen-bond acceptors (Lipinski definition) is 7. The first-order valence-corrected chi connectivity index (χ1v) is 9.33. The average Bonchev–Trinajstić information content (AvgIpc) is 3.13. The number of sulfonamides is 1. The number of carboxylic acids is 1. The van der Waals surface area contributed by atoms with Crippen LogP contribution in [0.3, 0.4) is 0 Å². The molecular weight excluding hydrogens is 370 g/mol. The second-order valence-corrected chi connectivity index (χ2v) is 8.49. The van der Waals surface area contributed by atoms with Gasteiger partial charge in [-0.2, -0.15) is 0 Å². The Labute approximate surface area is 148 Å². The van der Waals surface area contributed by atoms with E-state index in [9.17, 15) is 18.0 Å². The highest BCUT2D eigenvalue weighted by Crippen LogP contribution is 2.24. The zero-order valence-corrected chi connectivity index (χ0v) is 15.6. The van der Waals surface area contributed by atoms with Crippen LogP contribution in [0, 0.1) is 6.92 Å². The van der Waals surface area contributed by atoms with Crippen LogP contribution in [-0.4, -0.2) is 48.8 Å². The van der Waals surface area contributed by atoms with Crippen molar-refractivity contribution in [3.05, 3.63) is 33.5 Å². The Bertz CT molecular complexity index is 913. The van der Waals surface area contributed by atoms with Crippen molar-refractivity contribution in [1.82, 2.24) is 14.6 Å². The molecule has 2 aromatic heterocycles. The number of nitrogens with zero attached hydrogens (tertiary/aromatic N) is 2. The molecule has 1 unspecified atom stereocenters. The molecule has 0 saturated heterocycles. The Morgan fingerprint density at radius 1 is 1.36 bits per heavy atom. The van der Waals surface area contributed by atoms with Gasteiger partial charge in [-0.3, -0.25) is 4.79 Å². The number of hydrogen-bond donors (Lipinski definition) is 2. The molecule has 1 amide bonds. The number of aryl methyl sites for hydroxylation is 1. The number of carboxylic acid groups (broad SMARTS) is 1. The van der Waals surface area contributed by atoms with E-state index < -0.39 is 27.9 Å². The Kier molecular flexibility index (Phi) is 5.30. The van der Waals surface area contributed by atoms with E-state index in [2.05, 4.69) is 10.3 Å². The van der Waals surface area contributed by atoms with Crippen LogP contribution in [0.15, 0.2) is 21.6 Å². The topological polar surface area (TPSA) is 130 Å². The van der Waals surface area contributed by atoms with Gasteiger partial charge in [0.25, 0.3) is 15.9 Å². The molecule has 2 heterocycles. The molecule has 136 valence electrons. The number of amides is 1. The van der Waals surface area contributed by atoms with Crippen molar-refractivity contribution in [2.75, 3.05) is 14.1 Å². The first-order valence-electron chi connectivity index (χ1n) is 7.08. The van der Waals surface area contributed by atoms with E-state index >= 15 is 0 Å². The third-order valence-electron chi connectivity index (χ3n) is 3.27. The third kappa shape index (κ3) is 3.89. The molecule has 11 heteroatoms. The highest BCUT2D eigenvalue weighted by atomic mass is 32.2. The normalized spacial score (nSPS) is 13.0. The summed E-state index contributed by atoms with van der Waals surface area (Å²) in [5.74, 6) is -1.87. The smallest absolute Gasteiger partial charge is 0.347 e. The number of aromatic carboxylic acids is 1. The molecule has 2 aromatic rings. The van der Waals surface area contributed by atoms with Gasteiger partial charge in [0.15, 0.2) is 5.76 Å². The number of carbonyl (C=O) groups excluding carboxylic acids is 1. The fraction of sp³-hybridized carbons (Fsp3) is 0.357. The van der Waals surface area contributed by atoms with Crippen LogP contribution in [0.25, 0.3) is 0 Å². The van der Waals surface area contributed by atoms with E-state index in [1.807, 2.05) is 0 Å². The molecule has 0 aromatic carbocycles. The molecule has 0 aliphatic carbocycles. The summed E-state index contributed by atoms with van der Waals surface area (Å²) < 4.78 is 30.0. The van der Waals surface area contributed by atoms with Crippen LogP contribution in [0.2, 0.25) is 0 Å². The van der Waals surface area contributed by atoms with Gasteiger partial charge in [0.2, 0.25) is 5.09 Å². The van der Waals surface area contributed by atoms with Gasteiger partial charge in [0, 0.05) is 14.1 Å². The summed E-state index contributed by atoms with van der Waals surface area (Å²) in [6.45, 7) is 3.21. The Morgan fingerprint density at radius 2 is 2.00 bits per heavy atom. The summed E-state index contributed by atoms with van der Waals surface area (Å²) in [5, 5.41) is 11.7. The van der Waals surface area contributed by atoms with Crippen molar-refractivity contribution in [3.63, 3.8) is 0 Å². The van der Waals surface area contributed by atoms with Gasteiger partial charge < -0.3 is 14.8 Å². The van der Waals surface area contributed by atoms with Gasteiger partial charge in [-0.25, -0.2) is 22.5 Å². The quantitative estimate of drug-likeness (QED) is 0.768. The summed E-state index contributed by atoms with van der Waals surface area (Å²) in [7, 11) is -1.07. The second kappa shape index (κ2) is 6.94. The van der Waals surface area contributed by atoms with Gasteiger partial charge in [-0.05, 0) is 26.0 Å². The van der Waals surface area contributed by atoms with Crippen LogP contribution in [0.1, 0.15) is 43.9 Å². The van der Waals surface area contributed by atoms with Gasteiger partial charge >= 0.3 is 5.97 Å². The standard InChI is InChI=1S/C14H17N3O6S2/c1-7-11(14(19)20)24-13(16-7)8(2)15-12(18)9-5-6-10(23-9)25(21,22)17(3)4/h5-6,8H,1-4H3,(H,15,18)(H,19,20). The lowest BCUT2D eigenvalue weighted by Crippen LogP contribution is -2.26. The minimum Gasteiger partial charge on any atom is -0.477 e. The highest BCUT2D eigenvalue weighted by Gasteiger charge is 2.25. The first kappa shape index (κ1) is 19.1. The van der Waals surface area contributed by atoms with Crippen molar-refractivity contribution in [1.29, 1.82) is 0 Å². The van der Waals surface area contributed by atoms with Crippen LogP contribution in [0.5, 0.6) is 0 Å². The summed E-state index contributed by atoms with van der Waals surface area (Å²) in [5.41, 5.74) is 0.367. The molecule has 0 saturated carbocycles. The Hall–Kier alpha value is -2.24. The number of nitrogens with one attached hydrogen (secondary N) is 1. The molecule has 0 fully saturated rings. The summed E-state index contributed by atoms with van der Waals surface area (Å²) >= 11 is 0.968. The predicted molar refractivity (Wildman–Crippen MR) is 89.3 cm³/mol. The fourth-order valence-electron chi connectivity index (χ4n) is 1.89. The molecule has 0 spiro atoms. The van der Waals surface area contributed by atoms with Gasteiger partial charge in [0.1, 0.15) is 9.88 Å². The molecule has 9 nitrogen and oxygen atoms in total. The lowest BCUT2D eigenvalue weighted by Gasteiger charge is -2.10. The molecule has 2 rings (SSSR count). The van der Waals surface area contributed by atoms with E-state index in [0.29, 0.717) is 10.7 Å². The predicted octanol–water partition coefficient (Wildman–Crippen LogP) is 1.48. The van der Waals surface area contributed by atoms with Crippen molar-refractivity contribution >= 4 is 33.2 Å². The van der Waals surface area contributed by atoms with E-state index in [1.165, 1.54) is 26.2 Å². The summed E-state index contributed by atoms with van der Waals surface area (Å²) in [6.07, 6.45) is 0. The van der Waals surface area contributed by atoms with Crippen LogP contribution < -0.4 is 5.32 Å². The second-order valence-electron chi connectivity index (χ2n) is 5.37. The molecular formula is C14H17N3O6S2. The summed E-state index contributed by atoms with van der Waals surface area (Å²) in [6, 6.07) is 1.89. The van der Waals surface area contributed by atoms with E-state index in [-0.39, 0.29) is 15.7 Å².